The Morgan fingerprint density at radius 2 is 1.86 bits per heavy atom. The van der Waals surface area contributed by atoms with Crippen molar-refractivity contribution in [3.05, 3.63) is 0 Å². The zero-order chi connectivity index (χ0) is 19.2. The molecular weight excluding hydrogens is 356 g/mol. The molecule has 0 aromatic heterocycles. The number of carbonyl (C=O) groups excluding carboxylic acids is 2. The molecule has 3 aliphatic heterocycles. The van der Waals surface area contributed by atoms with Gasteiger partial charge in [0.2, 0.25) is 0 Å². The molecular formula is C23H30O5. The van der Waals surface area contributed by atoms with E-state index in [2.05, 4.69) is 13.8 Å². The summed E-state index contributed by atoms with van der Waals surface area (Å²) in [5.41, 5.74) is -0.755. The molecule has 152 valence electrons. The molecule has 0 N–H and O–H groups in total. The summed E-state index contributed by atoms with van der Waals surface area (Å²) >= 11 is 0. The van der Waals surface area contributed by atoms with Crippen LogP contribution >= 0.6 is 0 Å². The topological polar surface area (TPSA) is 65.1 Å². The quantitative estimate of drug-likeness (QED) is 0.473. The van der Waals surface area contributed by atoms with E-state index in [0.717, 1.165) is 45.1 Å². The second kappa shape index (κ2) is 4.54. The molecule has 4 saturated carbocycles. The third-order valence-corrected chi connectivity index (χ3v) is 11.0. The van der Waals surface area contributed by atoms with Crippen LogP contribution in [0.3, 0.4) is 0 Å². The number of esters is 1. The first-order valence-corrected chi connectivity index (χ1v) is 11.3. The van der Waals surface area contributed by atoms with Gasteiger partial charge in [0, 0.05) is 30.1 Å². The number of ketones is 1. The van der Waals surface area contributed by atoms with Gasteiger partial charge in [-0.25, -0.2) is 0 Å². The van der Waals surface area contributed by atoms with E-state index in [9.17, 15) is 9.59 Å². The van der Waals surface area contributed by atoms with Crippen LogP contribution < -0.4 is 0 Å². The Labute approximate surface area is 165 Å². The molecule has 7 rings (SSSR count). The highest BCUT2D eigenvalue weighted by molar-refractivity contribution is 5.81. The van der Waals surface area contributed by atoms with E-state index in [-0.39, 0.29) is 39.7 Å². The van der Waals surface area contributed by atoms with Crippen LogP contribution in [-0.2, 0) is 23.8 Å². The van der Waals surface area contributed by atoms with Crippen molar-refractivity contribution < 1.29 is 23.8 Å². The predicted molar refractivity (Wildman–Crippen MR) is 98.4 cm³/mol. The molecule has 3 spiro atoms. The van der Waals surface area contributed by atoms with Gasteiger partial charge in [0.05, 0.1) is 18.3 Å². The van der Waals surface area contributed by atoms with Crippen LogP contribution in [0.5, 0.6) is 0 Å². The third kappa shape index (κ3) is 1.48. The Kier molecular flexibility index (Phi) is 2.72. The lowest BCUT2D eigenvalue weighted by molar-refractivity contribution is -0.191. The molecule has 0 aromatic rings. The third-order valence-electron chi connectivity index (χ3n) is 11.0. The Bertz CT molecular complexity index is 824. The largest absolute Gasteiger partial charge is 0.458 e. The van der Waals surface area contributed by atoms with Crippen LogP contribution in [0.25, 0.3) is 0 Å². The fourth-order valence-corrected chi connectivity index (χ4v) is 9.67. The Morgan fingerprint density at radius 1 is 1.00 bits per heavy atom. The summed E-state index contributed by atoms with van der Waals surface area (Å²) in [6, 6.07) is 0. The molecule has 3 saturated heterocycles. The fraction of sp³-hybridized carbons (Fsp3) is 0.913. The molecule has 3 heterocycles. The molecule has 9 atom stereocenters. The van der Waals surface area contributed by atoms with Crippen molar-refractivity contribution in [2.75, 3.05) is 6.61 Å². The minimum absolute atomic E-state index is 0.0118. The highest BCUT2D eigenvalue weighted by Gasteiger charge is 2.87. The summed E-state index contributed by atoms with van der Waals surface area (Å²) in [5, 5.41) is 0. The molecule has 5 nitrogen and oxygen atoms in total. The summed E-state index contributed by atoms with van der Waals surface area (Å²) in [4.78, 5) is 24.5. The first-order chi connectivity index (χ1) is 13.3. The van der Waals surface area contributed by atoms with Gasteiger partial charge in [-0.05, 0) is 56.3 Å². The van der Waals surface area contributed by atoms with E-state index in [1.807, 2.05) is 0 Å². The number of Topliss-reactive ketones (excluding diaryl/α,β-unsaturated/α-hetero) is 1. The fourth-order valence-electron chi connectivity index (χ4n) is 9.67. The molecule has 2 bridgehead atoms. The van der Waals surface area contributed by atoms with Crippen LogP contribution in [-0.4, -0.2) is 41.3 Å². The van der Waals surface area contributed by atoms with Gasteiger partial charge in [0.25, 0.3) is 0 Å². The average molecular weight is 386 g/mol. The highest BCUT2D eigenvalue weighted by atomic mass is 16.6. The Morgan fingerprint density at radius 3 is 2.64 bits per heavy atom. The second-order valence-corrected chi connectivity index (χ2v) is 11.5. The summed E-state index contributed by atoms with van der Waals surface area (Å²) < 4.78 is 19.4. The van der Waals surface area contributed by atoms with Gasteiger partial charge in [0.1, 0.15) is 17.0 Å². The Balaban J connectivity index is 1.35. The SMILES string of the molecule is C[C@]12CCC(=O)C[C@]13C[C@@H](CO3)[C@H]1[C@@H]3CC[C@@]4(CCC(=O)O4)[C@@]3(C)C[C@H]3O[C@@]132. The Hall–Kier alpha value is -0.940. The molecule has 0 radical (unpaired) electrons. The molecule has 0 unspecified atom stereocenters. The van der Waals surface area contributed by atoms with Crippen molar-refractivity contribution >= 4 is 11.8 Å². The predicted octanol–water partition coefficient (Wildman–Crippen LogP) is 3.18. The smallest absolute Gasteiger partial charge is 0.306 e. The molecule has 7 aliphatic rings. The lowest BCUT2D eigenvalue weighted by atomic mass is 9.41. The normalized spacial score (nSPS) is 63.5. The minimum atomic E-state index is -0.303. The zero-order valence-electron chi connectivity index (χ0n) is 16.9. The molecule has 0 amide bonds. The van der Waals surface area contributed by atoms with Gasteiger partial charge in [-0.2, -0.15) is 0 Å². The lowest BCUT2D eigenvalue weighted by Crippen LogP contribution is -2.68. The summed E-state index contributed by atoms with van der Waals surface area (Å²) in [5.74, 6) is 1.82. The monoisotopic (exact) mass is 386 g/mol. The second-order valence-electron chi connectivity index (χ2n) is 11.5. The van der Waals surface area contributed by atoms with E-state index in [1.54, 1.807) is 0 Å². The van der Waals surface area contributed by atoms with Crippen molar-refractivity contribution in [1.82, 2.24) is 0 Å². The molecule has 7 fully saturated rings. The maximum Gasteiger partial charge on any atom is 0.306 e. The number of rotatable bonds is 0. The zero-order valence-corrected chi connectivity index (χ0v) is 16.9. The van der Waals surface area contributed by atoms with Gasteiger partial charge in [0.15, 0.2) is 0 Å². The maximum absolute atomic E-state index is 12.4. The average Bonchev–Trinajstić information content (AvgIpc) is 2.93. The number of hydrogen-bond donors (Lipinski definition) is 0. The van der Waals surface area contributed by atoms with Crippen molar-refractivity contribution in [3.63, 3.8) is 0 Å². The molecule has 4 aliphatic carbocycles. The van der Waals surface area contributed by atoms with Crippen LogP contribution in [0.2, 0.25) is 0 Å². The number of fused-ring (bicyclic) bond motifs is 5. The standard InChI is InChI=1S/C23H30O5/c1-19-11-16-23(27-16)18(15(19)4-7-21(19)8-5-17(25)28-21)13-9-22(26-12-13)10-14(24)3-6-20(22,23)2/h13,15-16,18H,3-12H2,1-2H3/t13-,15-,16+,18-,19-,20-,21+,22+,23+/m0/s1. The number of epoxide rings is 1. The van der Waals surface area contributed by atoms with Gasteiger partial charge in [-0.1, -0.05) is 13.8 Å². The first-order valence-electron chi connectivity index (χ1n) is 11.3. The number of carbonyl (C=O) groups is 2. The molecule has 0 aromatic carbocycles. The molecule has 28 heavy (non-hydrogen) atoms. The van der Waals surface area contributed by atoms with Crippen molar-refractivity contribution in [1.29, 1.82) is 0 Å². The maximum atomic E-state index is 12.4. The van der Waals surface area contributed by atoms with Crippen LogP contribution in [0, 0.1) is 28.6 Å². The van der Waals surface area contributed by atoms with Crippen LogP contribution in [0.1, 0.15) is 71.6 Å². The van der Waals surface area contributed by atoms with E-state index in [4.69, 9.17) is 14.2 Å². The van der Waals surface area contributed by atoms with Crippen LogP contribution in [0.15, 0.2) is 0 Å². The van der Waals surface area contributed by atoms with E-state index in [1.165, 1.54) is 0 Å². The minimum Gasteiger partial charge on any atom is -0.458 e. The van der Waals surface area contributed by atoms with E-state index in [0.29, 0.717) is 42.8 Å². The number of ether oxygens (including phenoxy) is 3. The van der Waals surface area contributed by atoms with Gasteiger partial charge in [-0.15, -0.1) is 0 Å². The van der Waals surface area contributed by atoms with Gasteiger partial charge < -0.3 is 14.2 Å². The summed E-state index contributed by atoms with van der Waals surface area (Å²) in [7, 11) is 0. The lowest BCUT2D eigenvalue weighted by Gasteiger charge is -2.61. The highest BCUT2D eigenvalue weighted by Crippen LogP contribution is 2.81. The molecule has 5 heteroatoms. The van der Waals surface area contributed by atoms with E-state index < -0.39 is 0 Å². The van der Waals surface area contributed by atoms with Crippen molar-refractivity contribution in [3.8, 4) is 0 Å². The first kappa shape index (κ1) is 16.8. The summed E-state index contributed by atoms with van der Waals surface area (Å²) in [6.45, 7) is 5.53. The van der Waals surface area contributed by atoms with Gasteiger partial charge >= 0.3 is 5.97 Å². The van der Waals surface area contributed by atoms with Crippen molar-refractivity contribution in [2.24, 2.45) is 28.6 Å². The van der Waals surface area contributed by atoms with Crippen molar-refractivity contribution in [2.45, 2.75) is 94.5 Å². The van der Waals surface area contributed by atoms with Crippen LogP contribution in [0.4, 0.5) is 0 Å². The van der Waals surface area contributed by atoms with E-state index >= 15 is 0 Å². The summed E-state index contributed by atoms with van der Waals surface area (Å²) in [6.07, 6.45) is 7.96. The number of hydrogen-bond acceptors (Lipinski definition) is 5. The van der Waals surface area contributed by atoms with Gasteiger partial charge in [-0.3, -0.25) is 9.59 Å².